The Morgan fingerprint density at radius 2 is 1.39 bits per heavy atom. The van der Waals surface area contributed by atoms with Crippen molar-refractivity contribution in [2.24, 2.45) is 0 Å². The van der Waals surface area contributed by atoms with E-state index in [0.717, 1.165) is 0 Å². The van der Waals surface area contributed by atoms with Gasteiger partial charge in [-0.2, -0.15) is 0 Å². The summed E-state index contributed by atoms with van der Waals surface area (Å²) in [7, 11) is 0. The van der Waals surface area contributed by atoms with E-state index in [1.807, 2.05) is 0 Å². The highest BCUT2D eigenvalue weighted by Crippen LogP contribution is 2.25. The molecule has 2 aromatic carbocycles. The second-order valence-electron chi connectivity index (χ2n) is 3.98. The Labute approximate surface area is 103 Å². The highest BCUT2D eigenvalue weighted by Gasteiger charge is 2.16. The molecule has 18 heavy (non-hydrogen) atoms. The number of nitrogens with one attached hydrogen (secondary N) is 1. The Morgan fingerprint density at radius 3 is 2.00 bits per heavy atom. The average Bonchev–Trinajstić information content (AvgIpc) is 2.32. The van der Waals surface area contributed by atoms with Crippen LogP contribution in [0.25, 0.3) is 0 Å². The molecule has 0 saturated heterocycles. The Bertz CT molecular complexity index is 534. The summed E-state index contributed by atoms with van der Waals surface area (Å²) in [4.78, 5) is 0. The van der Waals surface area contributed by atoms with Crippen LogP contribution in [0, 0.1) is 17.5 Å². The number of rotatable bonds is 3. The Morgan fingerprint density at radius 1 is 0.833 bits per heavy atom. The van der Waals surface area contributed by atoms with Gasteiger partial charge in [0.1, 0.15) is 17.5 Å². The largest absolute Gasteiger partial charge is 0.376 e. The van der Waals surface area contributed by atoms with Crippen LogP contribution >= 0.6 is 0 Å². The molecular formula is C14H12F3N. The molecule has 2 aromatic rings. The van der Waals surface area contributed by atoms with Crippen molar-refractivity contribution in [3.63, 3.8) is 0 Å². The van der Waals surface area contributed by atoms with Crippen molar-refractivity contribution < 1.29 is 13.2 Å². The highest BCUT2D eigenvalue weighted by molar-refractivity contribution is 5.46. The smallest absolute Gasteiger partial charge is 0.146 e. The van der Waals surface area contributed by atoms with Crippen LogP contribution in [0.1, 0.15) is 18.5 Å². The molecule has 0 saturated carbocycles. The van der Waals surface area contributed by atoms with Gasteiger partial charge in [0.25, 0.3) is 0 Å². The highest BCUT2D eigenvalue weighted by atomic mass is 19.1. The van der Waals surface area contributed by atoms with Gasteiger partial charge in [0, 0.05) is 5.56 Å². The molecule has 0 aliphatic carbocycles. The SMILES string of the molecule is CC(Nc1ccccc1F)c1c(F)cccc1F. The van der Waals surface area contributed by atoms with Gasteiger partial charge in [-0.1, -0.05) is 18.2 Å². The third-order valence-corrected chi connectivity index (χ3v) is 2.68. The standard InChI is InChI=1S/C14H12F3N/c1-9(14-11(16)6-4-7-12(14)17)18-13-8-3-2-5-10(13)15/h2-9,18H,1H3. The fourth-order valence-corrected chi connectivity index (χ4v) is 1.81. The topological polar surface area (TPSA) is 12.0 Å². The summed E-state index contributed by atoms with van der Waals surface area (Å²) in [5.41, 5.74) is 0.119. The van der Waals surface area contributed by atoms with E-state index < -0.39 is 23.5 Å². The molecule has 0 aliphatic heterocycles. The molecule has 1 atom stereocenters. The summed E-state index contributed by atoms with van der Waals surface area (Å²) >= 11 is 0. The van der Waals surface area contributed by atoms with Crippen molar-refractivity contribution in [1.82, 2.24) is 0 Å². The van der Waals surface area contributed by atoms with E-state index in [0.29, 0.717) is 0 Å². The lowest BCUT2D eigenvalue weighted by Gasteiger charge is -2.17. The van der Waals surface area contributed by atoms with E-state index in [4.69, 9.17) is 0 Å². The van der Waals surface area contributed by atoms with Gasteiger partial charge in [-0.25, -0.2) is 13.2 Å². The van der Waals surface area contributed by atoms with E-state index >= 15 is 0 Å². The average molecular weight is 251 g/mol. The molecule has 0 bridgehead atoms. The van der Waals surface area contributed by atoms with Crippen molar-refractivity contribution >= 4 is 5.69 Å². The van der Waals surface area contributed by atoms with Crippen molar-refractivity contribution in [3.05, 3.63) is 65.5 Å². The Balaban J connectivity index is 2.28. The van der Waals surface area contributed by atoms with Crippen molar-refractivity contribution in [1.29, 1.82) is 0 Å². The van der Waals surface area contributed by atoms with Gasteiger partial charge in [-0.05, 0) is 31.2 Å². The van der Waals surface area contributed by atoms with Gasteiger partial charge in [-0.3, -0.25) is 0 Å². The molecule has 94 valence electrons. The second kappa shape index (κ2) is 5.12. The summed E-state index contributed by atoms with van der Waals surface area (Å²) in [6.07, 6.45) is 0. The van der Waals surface area contributed by atoms with E-state index in [1.165, 1.54) is 30.3 Å². The lowest BCUT2D eigenvalue weighted by atomic mass is 10.1. The summed E-state index contributed by atoms with van der Waals surface area (Å²) < 4.78 is 40.5. The fourth-order valence-electron chi connectivity index (χ4n) is 1.81. The van der Waals surface area contributed by atoms with E-state index in [2.05, 4.69) is 5.32 Å². The van der Waals surface area contributed by atoms with Gasteiger partial charge in [-0.15, -0.1) is 0 Å². The molecule has 0 radical (unpaired) electrons. The number of halogens is 3. The first-order valence-corrected chi connectivity index (χ1v) is 5.54. The first-order chi connectivity index (χ1) is 8.59. The minimum absolute atomic E-state index is 0.0965. The molecule has 0 aliphatic rings. The number of benzene rings is 2. The monoisotopic (exact) mass is 251 g/mol. The molecule has 0 fully saturated rings. The summed E-state index contributed by atoms with van der Waals surface area (Å²) in [6.45, 7) is 1.58. The lowest BCUT2D eigenvalue weighted by Crippen LogP contribution is -2.11. The zero-order valence-corrected chi connectivity index (χ0v) is 9.75. The maximum Gasteiger partial charge on any atom is 0.146 e. The predicted octanol–water partition coefficient (Wildman–Crippen LogP) is 4.28. The van der Waals surface area contributed by atoms with Crippen LogP contribution in [0.2, 0.25) is 0 Å². The van der Waals surface area contributed by atoms with Gasteiger partial charge in [0.2, 0.25) is 0 Å². The summed E-state index contributed by atoms with van der Waals surface area (Å²) in [5, 5.41) is 2.75. The van der Waals surface area contributed by atoms with Crippen LogP contribution in [-0.2, 0) is 0 Å². The molecule has 4 heteroatoms. The third-order valence-electron chi connectivity index (χ3n) is 2.68. The van der Waals surface area contributed by atoms with Gasteiger partial charge in [0.05, 0.1) is 11.7 Å². The van der Waals surface area contributed by atoms with Crippen LogP contribution in [0.5, 0.6) is 0 Å². The molecule has 0 amide bonds. The van der Waals surface area contributed by atoms with E-state index in [1.54, 1.807) is 19.1 Å². The molecule has 1 unspecified atom stereocenters. The normalized spacial score (nSPS) is 12.2. The molecular weight excluding hydrogens is 239 g/mol. The minimum Gasteiger partial charge on any atom is -0.376 e. The van der Waals surface area contributed by atoms with Crippen LogP contribution in [0.15, 0.2) is 42.5 Å². The van der Waals surface area contributed by atoms with Crippen molar-refractivity contribution in [3.8, 4) is 0 Å². The maximum absolute atomic E-state index is 13.5. The second-order valence-corrected chi connectivity index (χ2v) is 3.98. The Hall–Kier alpha value is -1.97. The third kappa shape index (κ3) is 2.47. The summed E-state index contributed by atoms with van der Waals surface area (Å²) in [5.74, 6) is -1.75. The molecule has 0 aromatic heterocycles. The maximum atomic E-state index is 13.5. The first-order valence-electron chi connectivity index (χ1n) is 5.54. The fraction of sp³-hybridized carbons (Fsp3) is 0.143. The molecule has 0 heterocycles. The van der Waals surface area contributed by atoms with Crippen LogP contribution in [0.3, 0.4) is 0 Å². The number of hydrogen-bond donors (Lipinski definition) is 1. The molecule has 1 N–H and O–H groups in total. The number of anilines is 1. The van der Waals surface area contributed by atoms with Gasteiger partial charge in [0.15, 0.2) is 0 Å². The quantitative estimate of drug-likeness (QED) is 0.858. The molecule has 0 spiro atoms. The van der Waals surface area contributed by atoms with Crippen LogP contribution in [0.4, 0.5) is 18.9 Å². The van der Waals surface area contributed by atoms with Gasteiger partial charge < -0.3 is 5.32 Å². The molecule has 1 nitrogen and oxygen atoms in total. The zero-order valence-electron chi connectivity index (χ0n) is 9.75. The Kier molecular flexibility index (Phi) is 3.55. The van der Waals surface area contributed by atoms with Gasteiger partial charge >= 0.3 is 0 Å². The van der Waals surface area contributed by atoms with E-state index in [9.17, 15) is 13.2 Å². The van der Waals surface area contributed by atoms with E-state index in [-0.39, 0.29) is 11.3 Å². The molecule has 2 rings (SSSR count). The van der Waals surface area contributed by atoms with Crippen LogP contribution < -0.4 is 5.32 Å². The number of para-hydroxylation sites is 1. The summed E-state index contributed by atoms with van der Waals surface area (Å²) in [6, 6.07) is 8.99. The zero-order chi connectivity index (χ0) is 13.1. The number of hydrogen-bond acceptors (Lipinski definition) is 1. The van der Waals surface area contributed by atoms with Crippen molar-refractivity contribution in [2.45, 2.75) is 13.0 Å². The lowest BCUT2D eigenvalue weighted by molar-refractivity contribution is 0.542. The van der Waals surface area contributed by atoms with Crippen molar-refractivity contribution in [2.75, 3.05) is 5.32 Å². The minimum atomic E-state index is -0.664. The van der Waals surface area contributed by atoms with Crippen LogP contribution in [-0.4, -0.2) is 0 Å². The first kappa shape index (κ1) is 12.5. The predicted molar refractivity (Wildman–Crippen MR) is 64.8 cm³/mol.